The number of carbonyl (C=O) groups is 3. The Morgan fingerprint density at radius 2 is 1.86 bits per heavy atom. The summed E-state index contributed by atoms with van der Waals surface area (Å²) in [7, 11) is 0. The van der Waals surface area contributed by atoms with E-state index >= 15 is 0 Å². The molecule has 3 N–H and O–H groups in total. The summed E-state index contributed by atoms with van der Waals surface area (Å²) in [4.78, 5) is 36.5. The smallest absolute Gasteiger partial charge is 0.307 e. The number of halogens is 2. The Labute approximate surface area is 172 Å². The molecule has 0 radical (unpaired) electrons. The van der Waals surface area contributed by atoms with Gasteiger partial charge in [-0.3, -0.25) is 25.2 Å². The molecule has 2 saturated carbocycles. The molecule has 7 nitrogen and oxygen atoms in total. The van der Waals surface area contributed by atoms with Crippen molar-refractivity contribution in [1.82, 2.24) is 10.9 Å². The Kier molecular flexibility index (Phi) is 6.35. The number of ether oxygens (including phenoxy) is 1. The van der Waals surface area contributed by atoms with Gasteiger partial charge in [-0.05, 0) is 49.7 Å². The number of hydrogen-bond acceptors (Lipinski definition) is 4. The zero-order chi connectivity index (χ0) is 20.4. The number of carboxylic acid groups (broad SMARTS) is 1. The summed E-state index contributed by atoms with van der Waals surface area (Å²) in [6.07, 6.45) is 1.86. The number of nitrogens with one attached hydrogen (secondary N) is 2. The second kappa shape index (κ2) is 8.57. The van der Waals surface area contributed by atoms with E-state index in [4.69, 9.17) is 27.9 Å². The van der Waals surface area contributed by atoms with Crippen LogP contribution in [0.5, 0.6) is 5.75 Å². The molecular formula is C19H22Cl2N2O5. The highest BCUT2D eigenvalue weighted by Crippen LogP contribution is 2.52. The highest BCUT2D eigenvalue weighted by Gasteiger charge is 2.54. The third kappa shape index (κ3) is 4.20. The topological polar surface area (TPSA) is 105 Å². The van der Waals surface area contributed by atoms with Gasteiger partial charge in [-0.1, -0.05) is 30.1 Å². The van der Waals surface area contributed by atoms with Crippen LogP contribution >= 0.6 is 23.2 Å². The number of hydrazine groups is 1. The molecule has 0 aliphatic heterocycles. The summed E-state index contributed by atoms with van der Waals surface area (Å²) in [5, 5.41) is 10.2. The van der Waals surface area contributed by atoms with E-state index in [-0.39, 0.29) is 17.6 Å². The van der Waals surface area contributed by atoms with Gasteiger partial charge < -0.3 is 9.84 Å². The largest absolute Gasteiger partial charge is 0.481 e. The molecule has 2 fully saturated rings. The van der Waals surface area contributed by atoms with Gasteiger partial charge in [-0.2, -0.15) is 0 Å². The van der Waals surface area contributed by atoms with Crippen LogP contribution in [0.25, 0.3) is 0 Å². The lowest BCUT2D eigenvalue weighted by Gasteiger charge is -2.27. The Morgan fingerprint density at radius 1 is 1.18 bits per heavy atom. The van der Waals surface area contributed by atoms with Crippen molar-refractivity contribution in [3.63, 3.8) is 0 Å². The summed E-state index contributed by atoms with van der Waals surface area (Å²) in [5.74, 6) is -2.95. The minimum atomic E-state index is -0.955. The lowest BCUT2D eigenvalue weighted by molar-refractivity contribution is -0.150. The molecule has 2 aliphatic carbocycles. The van der Waals surface area contributed by atoms with Crippen LogP contribution in [0.4, 0.5) is 0 Å². The summed E-state index contributed by atoms with van der Waals surface area (Å²) in [6, 6.07) is 4.67. The van der Waals surface area contributed by atoms with E-state index in [1.165, 1.54) is 6.07 Å². The van der Waals surface area contributed by atoms with E-state index in [9.17, 15) is 19.5 Å². The van der Waals surface area contributed by atoms with E-state index in [1.54, 1.807) is 19.1 Å². The van der Waals surface area contributed by atoms with Crippen LogP contribution in [0.1, 0.15) is 32.6 Å². The average Bonchev–Trinajstić information content (AvgIpc) is 3.27. The molecular weight excluding hydrogens is 407 g/mol. The fraction of sp³-hybridized carbons (Fsp3) is 0.526. The predicted octanol–water partition coefficient (Wildman–Crippen LogP) is 3.05. The Balaban J connectivity index is 1.60. The molecule has 28 heavy (non-hydrogen) atoms. The van der Waals surface area contributed by atoms with Gasteiger partial charge in [-0.15, -0.1) is 0 Å². The zero-order valence-corrected chi connectivity index (χ0v) is 16.8. The first-order chi connectivity index (χ1) is 13.3. The minimum Gasteiger partial charge on any atom is -0.481 e. The van der Waals surface area contributed by atoms with E-state index in [2.05, 4.69) is 10.9 Å². The van der Waals surface area contributed by atoms with Crippen LogP contribution in [0, 0.1) is 23.7 Å². The van der Waals surface area contributed by atoms with Gasteiger partial charge in [0.2, 0.25) is 5.91 Å². The van der Waals surface area contributed by atoms with Gasteiger partial charge in [0.25, 0.3) is 5.91 Å². The summed E-state index contributed by atoms with van der Waals surface area (Å²) < 4.78 is 5.63. The van der Waals surface area contributed by atoms with Crippen molar-refractivity contribution in [2.75, 3.05) is 0 Å². The van der Waals surface area contributed by atoms with Crippen LogP contribution in [0.2, 0.25) is 10.0 Å². The number of aliphatic carboxylic acids is 1. The maximum absolute atomic E-state index is 12.6. The molecule has 2 aliphatic rings. The van der Waals surface area contributed by atoms with Crippen molar-refractivity contribution in [3.8, 4) is 5.75 Å². The van der Waals surface area contributed by atoms with Gasteiger partial charge >= 0.3 is 5.97 Å². The second-order valence-electron chi connectivity index (χ2n) is 7.29. The molecule has 2 bridgehead atoms. The van der Waals surface area contributed by atoms with Crippen molar-refractivity contribution in [2.24, 2.45) is 23.7 Å². The van der Waals surface area contributed by atoms with Gasteiger partial charge in [0.15, 0.2) is 6.10 Å². The highest BCUT2D eigenvalue weighted by atomic mass is 35.5. The van der Waals surface area contributed by atoms with Gasteiger partial charge in [-0.25, -0.2) is 0 Å². The molecule has 9 heteroatoms. The van der Waals surface area contributed by atoms with Crippen LogP contribution in [0.15, 0.2) is 18.2 Å². The van der Waals surface area contributed by atoms with Crippen molar-refractivity contribution in [1.29, 1.82) is 0 Å². The van der Waals surface area contributed by atoms with E-state index < -0.39 is 35.7 Å². The quantitative estimate of drug-likeness (QED) is 0.603. The van der Waals surface area contributed by atoms with Gasteiger partial charge in [0.1, 0.15) is 5.75 Å². The molecule has 0 unspecified atom stereocenters. The number of benzene rings is 1. The first-order valence-electron chi connectivity index (χ1n) is 9.26. The molecule has 0 saturated heterocycles. The van der Waals surface area contributed by atoms with Crippen LogP contribution in [-0.4, -0.2) is 29.0 Å². The molecule has 1 aromatic rings. The number of carbonyl (C=O) groups excluding carboxylic acids is 2. The van der Waals surface area contributed by atoms with E-state index in [0.29, 0.717) is 16.5 Å². The second-order valence-corrected chi connectivity index (χ2v) is 8.13. The normalized spacial score (nSPS) is 26.5. The van der Waals surface area contributed by atoms with Crippen LogP contribution in [0.3, 0.4) is 0 Å². The number of carboxylic acids is 1. The SMILES string of the molecule is CC[C@H](Oc1cc(Cl)ccc1Cl)C(=O)NNC(=O)[C@@H]1[C@H]2CC[C@@H](C2)[C@@H]1C(=O)O. The fourth-order valence-electron chi connectivity index (χ4n) is 4.35. The predicted molar refractivity (Wildman–Crippen MR) is 103 cm³/mol. The molecule has 1 aromatic carbocycles. The number of hydrogen-bond donors (Lipinski definition) is 3. The molecule has 152 valence electrons. The average molecular weight is 429 g/mol. The molecule has 0 spiro atoms. The van der Waals surface area contributed by atoms with Crippen molar-refractivity contribution < 1.29 is 24.2 Å². The van der Waals surface area contributed by atoms with Crippen LogP contribution in [-0.2, 0) is 14.4 Å². The maximum atomic E-state index is 12.6. The number of rotatable bonds is 6. The van der Waals surface area contributed by atoms with E-state index in [1.807, 2.05) is 0 Å². The molecule has 0 aromatic heterocycles. The lowest BCUT2D eigenvalue weighted by Crippen LogP contribution is -2.52. The summed E-state index contributed by atoms with van der Waals surface area (Å²) >= 11 is 12.0. The standard InChI is InChI=1S/C19H22Cl2N2O5/c1-2-13(28-14-8-11(20)5-6-12(14)21)17(24)22-23-18(25)15-9-3-4-10(7-9)16(15)19(26)27/h5-6,8-10,13,15-16H,2-4,7H2,1H3,(H,22,24)(H,23,25)(H,26,27)/t9-,10-,13-,15+,16-/m0/s1. The third-order valence-electron chi connectivity index (χ3n) is 5.64. The first kappa shape index (κ1) is 20.7. The summed E-state index contributed by atoms with van der Waals surface area (Å²) in [5.41, 5.74) is 4.73. The lowest BCUT2D eigenvalue weighted by atomic mass is 9.79. The Bertz CT molecular complexity index is 788. The molecule has 3 rings (SSSR count). The minimum absolute atomic E-state index is 0.0330. The molecule has 0 heterocycles. The number of fused-ring (bicyclic) bond motifs is 2. The Hall–Kier alpha value is -1.99. The van der Waals surface area contributed by atoms with Crippen LogP contribution < -0.4 is 15.6 Å². The monoisotopic (exact) mass is 428 g/mol. The fourth-order valence-corrected chi connectivity index (χ4v) is 4.68. The molecule has 5 atom stereocenters. The van der Waals surface area contributed by atoms with Gasteiger partial charge in [0, 0.05) is 11.1 Å². The van der Waals surface area contributed by atoms with Crippen molar-refractivity contribution in [3.05, 3.63) is 28.2 Å². The molecule has 2 amide bonds. The van der Waals surface area contributed by atoms with Crippen molar-refractivity contribution in [2.45, 2.75) is 38.7 Å². The maximum Gasteiger partial charge on any atom is 0.307 e. The Morgan fingerprint density at radius 3 is 2.50 bits per heavy atom. The highest BCUT2D eigenvalue weighted by molar-refractivity contribution is 6.34. The number of amides is 2. The zero-order valence-electron chi connectivity index (χ0n) is 15.3. The van der Waals surface area contributed by atoms with Crippen molar-refractivity contribution >= 4 is 41.0 Å². The van der Waals surface area contributed by atoms with Gasteiger partial charge in [0.05, 0.1) is 16.9 Å². The third-order valence-corrected chi connectivity index (χ3v) is 6.19. The summed E-state index contributed by atoms with van der Waals surface area (Å²) in [6.45, 7) is 1.75. The first-order valence-corrected chi connectivity index (χ1v) is 10.0. The van der Waals surface area contributed by atoms with E-state index in [0.717, 1.165) is 19.3 Å².